The standard InChI is InChI=1S/C12H28N2O/c1-10(2)6-13-7-12(15)9-14(5)8-11(3)4/h10-13,15H,6-9H2,1-5H3. The lowest BCUT2D eigenvalue weighted by molar-refractivity contribution is 0.118. The zero-order valence-electron chi connectivity index (χ0n) is 11.0. The fourth-order valence-electron chi connectivity index (χ4n) is 1.66. The lowest BCUT2D eigenvalue weighted by Gasteiger charge is -2.22. The van der Waals surface area contributed by atoms with Crippen LogP contribution in [0.4, 0.5) is 0 Å². The molecule has 0 aromatic rings. The highest BCUT2D eigenvalue weighted by molar-refractivity contribution is 4.65. The first-order chi connectivity index (χ1) is 6.91. The molecule has 3 nitrogen and oxygen atoms in total. The lowest BCUT2D eigenvalue weighted by Crippen LogP contribution is -2.38. The maximum atomic E-state index is 9.74. The van der Waals surface area contributed by atoms with Crippen molar-refractivity contribution in [1.82, 2.24) is 10.2 Å². The Labute approximate surface area is 94.9 Å². The number of hydrogen-bond acceptors (Lipinski definition) is 3. The molecule has 0 aliphatic rings. The van der Waals surface area contributed by atoms with Gasteiger partial charge in [0, 0.05) is 19.6 Å². The van der Waals surface area contributed by atoms with E-state index in [0.29, 0.717) is 18.4 Å². The number of nitrogens with zero attached hydrogens (tertiary/aromatic N) is 1. The average molecular weight is 216 g/mol. The number of aliphatic hydroxyl groups excluding tert-OH is 1. The van der Waals surface area contributed by atoms with Gasteiger partial charge in [0.25, 0.3) is 0 Å². The van der Waals surface area contributed by atoms with Gasteiger partial charge in [-0.2, -0.15) is 0 Å². The van der Waals surface area contributed by atoms with Gasteiger partial charge in [0.15, 0.2) is 0 Å². The van der Waals surface area contributed by atoms with Gasteiger partial charge in [0.1, 0.15) is 0 Å². The van der Waals surface area contributed by atoms with Gasteiger partial charge < -0.3 is 15.3 Å². The van der Waals surface area contributed by atoms with Crippen LogP contribution < -0.4 is 5.32 Å². The Balaban J connectivity index is 3.50. The molecule has 0 aromatic heterocycles. The minimum atomic E-state index is -0.257. The summed E-state index contributed by atoms with van der Waals surface area (Å²) in [6, 6.07) is 0. The number of likely N-dealkylation sites (N-methyl/N-ethyl adjacent to an activating group) is 1. The third-order valence-corrected chi connectivity index (χ3v) is 2.13. The molecule has 2 N–H and O–H groups in total. The summed E-state index contributed by atoms with van der Waals surface area (Å²) in [6.45, 7) is 12.2. The fourth-order valence-corrected chi connectivity index (χ4v) is 1.66. The highest BCUT2D eigenvalue weighted by Gasteiger charge is 2.08. The number of rotatable bonds is 8. The molecular weight excluding hydrogens is 188 g/mol. The molecule has 0 spiro atoms. The van der Waals surface area contributed by atoms with E-state index in [9.17, 15) is 5.11 Å². The van der Waals surface area contributed by atoms with Crippen LogP contribution in [-0.2, 0) is 0 Å². The van der Waals surface area contributed by atoms with Crippen molar-refractivity contribution in [3.8, 4) is 0 Å². The maximum absolute atomic E-state index is 9.74. The Kier molecular flexibility index (Phi) is 8.02. The normalized spacial score (nSPS) is 14.2. The quantitative estimate of drug-likeness (QED) is 0.639. The highest BCUT2D eigenvalue weighted by Crippen LogP contribution is 1.97. The summed E-state index contributed by atoms with van der Waals surface area (Å²) in [4.78, 5) is 2.19. The summed E-state index contributed by atoms with van der Waals surface area (Å²) in [5, 5.41) is 13.0. The monoisotopic (exact) mass is 216 g/mol. The lowest BCUT2D eigenvalue weighted by atomic mass is 10.2. The van der Waals surface area contributed by atoms with Crippen molar-refractivity contribution in [2.45, 2.75) is 33.8 Å². The van der Waals surface area contributed by atoms with Crippen molar-refractivity contribution in [2.75, 3.05) is 33.2 Å². The topological polar surface area (TPSA) is 35.5 Å². The van der Waals surface area contributed by atoms with Crippen LogP contribution >= 0.6 is 0 Å². The summed E-state index contributed by atoms with van der Waals surface area (Å²) < 4.78 is 0. The van der Waals surface area contributed by atoms with Crippen LogP contribution in [0.5, 0.6) is 0 Å². The fraction of sp³-hybridized carbons (Fsp3) is 1.00. The van der Waals surface area contributed by atoms with Crippen molar-refractivity contribution in [3.63, 3.8) is 0 Å². The number of nitrogens with one attached hydrogen (secondary N) is 1. The van der Waals surface area contributed by atoms with Crippen LogP contribution in [0.1, 0.15) is 27.7 Å². The molecule has 3 heteroatoms. The SMILES string of the molecule is CC(C)CNCC(O)CN(C)CC(C)C. The molecule has 0 aromatic carbocycles. The molecule has 0 aliphatic heterocycles. The Morgan fingerprint density at radius 1 is 1.00 bits per heavy atom. The van der Waals surface area contributed by atoms with Crippen LogP contribution in [0, 0.1) is 11.8 Å². The van der Waals surface area contributed by atoms with E-state index in [4.69, 9.17) is 0 Å². The Morgan fingerprint density at radius 3 is 2.07 bits per heavy atom. The Hall–Kier alpha value is -0.120. The number of hydrogen-bond donors (Lipinski definition) is 2. The largest absolute Gasteiger partial charge is 0.390 e. The van der Waals surface area contributed by atoms with Crippen molar-refractivity contribution in [2.24, 2.45) is 11.8 Å². The molecule has 1 atom stereocenters. The molecule has 0 heterocycles. The molecule has 15 heavy (non-hydrogen) atoms. The summed E-state index contributed by atoms with van der Waals surface area (Å²) in [5.41, 5.74) is 0. The van der Waals surface area contributed by atoms with E-state index < -0.39 is 0 Å². The van der Waals surface area contributed by atoms with E-state index in [1.807, 2.05) is 0 Å². The highest BCUT2D eigenvalue weighted by atomic mass is 16.3. The molecule has 0 fully saturated rings. The molecule has 0 bridgehead atoms. The van der Waals surface area contributed by atoms with Gasteiger partial charge in [0.2, 0.25) is 0 Å². The van der Waals surface area contributed by atoms with Gasteiger partial charge in [-0.1, -0.05) is 27.7 Å². The minimum Gasteiger partial charge on any atom is -0.390 e. The van der Waals surface area contributed by atoms with Gasteiger partial charge in [-0.15, -0.1) is 0 Å². The second kappa shape index (κ2) is 8.08. The zero-order chi connectivity index (χ0) is 11.8. The Bertz CT molecular complexity index is 149. The predicted octanol–water partition coefficient (Wildman–Crippen LogP) is 1.18. The molecule has 0 rings (SSSR count). The van der Waals surface area contributed by atoms with Crippen molar-refractivity contribution < 1.29 is 5.11 Å². The second-order valence-electron chi connectivity index (χ2n) is 5.32. The van der Waals surface area contributed by atoms with Crippen LogP contribution in [0.2, 0.25) is 0 Å². The molecule has 0 saturated carbocycles. The molecule has 1 unspecified atom stereocenters. The van der Waals surface area contributed by atoms with Gasteiger partial charge >= 0.3 is 0 Å². The van der Waals surface area contributed by atoms with Gasteiger partial charge in [0.05, 0.1) is 6.10 Å². The van der Waals surface area contributed by atoms with Crippen LogP contribution in [0.3, 0.4) is 0 Å². The van der Waals surface area contributed by atoms with Crippen LogP contribution in [0.25, 0.3) is 0 Å². The summed E-state index contributed by atoms with van der Waals surface area (Å²) in [5.74, 6) is 1.30. The van der Waals surface area contributed by atoms with Crippen molar-refractivity contribution in [3.05, 3.63) is 0 Å². The molecular formula is C12H28N2O. The van der Waals surface area contributed by atoms with Crippen molar-refractivity contribution in [1.29, 1.82) is 0 Å². The third-order valence-electron chi connectivity index (χ3n) is 2.13. The number of aliphatic hydroxyl groups is 1. The van der Waals surface area contributed by atoms with E-state index in [-0.39, 0.29) is 6.10 Å². The Morgan fingerprint density at radius 2 is 1.60 bits per heavy atom. The molecule has 0 saturated heterocycles. The zero-order valence-corrected chi connectivity index (χ0v) is 11.0. The van der Waals surface area contributed by atoms with E-state index in [2.05, 4.69) is 45.0 Å². The minimum absolute atomic E-state index is 0.257. The summed E-state index contributed by atoms with van der Waals surface area (Å²) in [7, 11) is 2.06. The van der Waals surface area contributed by atoms with Gasteiger partial charge in [-0.25, -0.2) is 0 Å². The summed E-state index contributed by atoms with van der Waals surface area (Å²) >= 11 is 0. The first-order valence-corrected chi connectivity index (χ1v) is 5.99. The van der Waals surface area contributed by atoms with Crippen molar-refractivity contribution >= 4 is 0 Å². The predicted molar refractivity (Wildman–Crippen MR) is 66.0 cm³/mol. The molecule has 0 aliphatic carbocycles. The molecule has 0 radical (unpaired) electrons. The van der Waals surface area contributed by atoms with E-state index >= 15 is 0 Å². The van der Waals surface area contributed by atoms with Crippen LogP contribution in [-0.4, -0.2) is 49.3 Å². The maximum Gasteiger partial charge on any atom is 0.0791 e. The summed E-state index contributed by atoms with van der Waals surface area (Å²) in [6.07, 6.45) is -0.257. The van der Waals surface area contributed by atoms with E-state index in [0.717, 1.165) is 19.6 Å². The molecule has 92 valence electrons. The second-order valence-corrected chi connectivity index (χ2v) is 5.32. The van der Waals surface area contributed by atoms with Gasteiger partial charge in [-0.05, 0) is 25.4 Å². The van der Waals surface area contributed by atoms with E-state index in [1.54, 1.807) is 0 Å². The van der Waals surface area contributed by atoms with E-state index in [1.165, 1.54) is 0 Å². The average Bonchev–Trinajstić information content (AvgIpc) is 2.00. The van der Waals surface area contributed by atoms with Crippen LogP contribution in [0.15, 0.2) is 0 Å². The third kappa shape index (κ3) is 10.2. The smallest absolute Gasteiger partial charge is 0.0791 e. The first-order valence-electron chi connectivity index (χ1n) is 5.99. The molecule has 0 amide bonds. The van der Waals surface area contributed by atoms with Gasteiger partial charge in [-0.3, -0.25) is 0 Å². The first kappa shape index (κ1) is 14.9.